The number of piperazine rings is 1. The Balaban J connectivity index is 1.51. The van der Waals surface area contributed by atoms with Gasteiger partial charge in [-0.3, -0.25) is 9.69 Å². The van der Waals surface area contributed by atoms with Gasteiger partial charge in [0, 0.05) is 44.9 Å². The number of anilines is 1. The maximum absolute atomic E-state index is 13.8. The Labute approximate surface area is 210 Å². The van der Waals surface area contributed by atoms with E-state index in [-0.39, 0.29) is 35.6 Å². The average molecular weight is 490 g/mol. The van der Waals surface area contributed by atoms with Crippen LogP contribution in [0.15, 0.2) is 47.3 Å². The molecule has 0 saturated carbocycles. The van der Waals surface area contributed by atoms with Crippen molar-refractivity contribution in [3.63, 3.8) is 0 Å². The highest BCUT2D eigenvalue weighted by molar-refractivity contribution is 5.89. The Morgan fingerprint density at radius 1 is 1.11 bits per heavy atom. The van der Waals surface area contributed by atoms with Crippen LogP contribution in [-0.4, -0.2) is 52.3 Å². The summed E-state index contributed by atoms with van der Waals surface area (Å²) in [6.07, 6.45) is 3.22. The molecule has 0 bridgehead atoms. The summed E-state index contributed by atoms with van der Waals surface area (Å²) in [5, 5.41) is 9.42. The predicted molar refractivity (Wildman–Crippen MR) is 137 cm³/mol. The number of pyridine rings is 2. The molecular formula is C28H32FN5O2. The monoisotopic (exact) mass is 489 g/mol. The molecule has 2 aliphatic heterocycles. The van der Waals surface area contributed by atoms with Crippen LogP contribution in [0.4, 0.5) is 10.1 Å². The fraction of sp³-hybridized carbons (Fsp3) is 0.464. The largest absolute Gasteiger partial charge is 0.376 e. The van der Waals surface area contributed by atoms with Gasteiger partial charge in [-0.05, 0) is 62.9 Å². The van der Waals surface area contributed by atoms with Gasteiger partial charge in [-0.25, -0.2) is 9.37 Å². The van der Waals surface area contributed by atoms with Gasteiger partial charge in [0.2, 0.25) is 0 Å². The fourth-order valence-electron chi connectivity index (χ4n) is 5.76. The van der Waals surface area contributed by atoms with Crippen molar-refractivity contribution in [2.45, 2.75) is 57.3 Å². The summed E-state index contributed by atoms with van der Waals surface area (Å²) in [5.74, 6) is -0.241. The number of hydrogen-bond donors (Lipinski definition) is 0. The number of ether oxygens (including phenoxy) is 1. The van der Waals surface area contributed by atoms with Crippen LogP contribution >= 0.6 is 0 Å². The van der Waals surface area contributed by atoms with E-state index in [0.717, 1.165) is 43.7 Å². The third kappa shape index (κ3) is 4.49. The van der Waals surface area contributed by atoms with Crippen LogP contribution in [0.2, 0.25) is 0 Å². The normalized spacial score (nSPS) is 24.0. The molecule has 0 aliphatic carbocycles. The van der Waals surface area contributed by atoms with Crippen LogP contribution < -0.4 is 10.5 Å². The molecule has 188 valence electrons. The summed E-state index contributed by atoms with van der Waals surface area (Å²) in [6.45, 7) is 6.53. The lowest BCUT2D eigenvalue weighted by molar-refractivity contribution is -0.0576. The van der Waals surface area contributed by atoms with Crippen molar-refractivity contribution in [3.05, 3.63) is 69.9 Å². The molecule has 1 aromatic carbocycles. The van der Waals surface area contributed by atoms with Crippen molar-refractivity contribution in [2.24, 2.45) is 7.05 Å². The van der Waals surface area contributed by atoms with E-state index in [1.54, 1.807) is 29.8 Å². The third-order valence-corrected chi connectivity index (χ3v) is 7.66. The quantitative estimate of drug-likeness (QED) is 0.548. The molecule has 0 N–H and O–H groups in total. The highest BCUT2D eigenvalue weighted by Gasteiger charge is 2.39. The van der Waals surface area contributed by atoms with Crippen molar-refractivity contribution in [2.75, 3.05) is 24.6 Å². The second kappa shape index (κ2) is 10.00. The molecule has 8 heteroatoms. The molecule has 2 unspecified atom stereocenters. The molecule has 2 aliphatic rings. The fourth-order valence-corrected chi connectivity index (χ4v) is 5.76. The SMILES string of the molecule is C[C@@H]1CN(c2cc(=O)n(C)c3ccc(C#N)nc23)[C@@H](C)CN1C(c1ccc(F)cc1)C1CCCCO1. The summed E-state index contributed by atoms with van der Waals surface area (Å²) in [4.78, 5) is 22.1. The molecule has 4 heterocycles. The molecule has 3 aromatic rings. The first-order valence-corrected chi connectivity index (χ1v) is 12.7. The maximum atomic E-state index is 13.8. The van der Waals surface area contributed by atoms with E-state index < -0.39 is 0 Å². The highest BCUT2D eigenvalue weighted by Crippen LogP contribution is 2.37. The van der Waals surface area contributed by atoms with Gasteiger partial charge in [-0.15, -0.1) is 0 Å². The Hall–Kier alpha value is -3.28. The lowest BCUT2D eigenvalue weighted by Gasteiger charge is -2.50. The number of rotatable bonds is 4. The van der Waals surface area contributed by atoms with Crippen LogP contribution in [0, 0.1) is 17.1 Å². The first-order chi connectivity index (χ1) is 17.4. The molecule has 7 nitrogen and oxygen atoms in total. The van der Waals surface area contributed by atoms with E-state index in [9.17, 15) is 14.4 Å². The smallest absolute Gasteiger partial charge is 0.252 e. The van der Waals surface area contributed by atoms with E-state index in [2.05, 4.69) is 34.7 Å². The van der Waals surface area contributed by atoms with Crippen molar-refractivity contribution < 1.29 is 9.13 Å². The third-order valence-electron chi connectivity index (χ3n) is 7.66. The first kappa shape index (κ1) is 24.4. The number of halogens is 1. The summed E-state index contributed by atoms with van der Waals surface area (Å²) < 4.78 is 21.6. The molecule has 36 heavy (non-hydrogen) atoms. The molecule has 0 spiro atoms. The molecule has 0 amide bonds. The van der Waals surface area contributed by atoms with Gasteiger partial charge in [-0.2, -0.15) is 5.26 Å². The number of hydrogen-bond acceptors (Lipinski definition) is 6. The zero-order chi connectivity index (χ0) is 25.4. The lowest BCUT2D eigenvalue weighted by Crippen LogP contribution is -2.59. The number of aryl methyl sites for hydroxylation is 1. The second-order valence-corrected chi connectivity index (χ2v) is 10.1. The molecule has 0 radical (unpaired) electrons. The van der Waals surface area contributed by atoms with Crippen LogP contribution in [0.3, 0.4) is 0 Å². The number of benzene rings is 1. The zero-order valence-corrected chi connectivity index (χ0v) is 21.0. The molecule has 2 aromatic heterocycles. The van der Waals surface area contributed by atoms with Crippen molar-refractivity contribution in [1.82, 2.24) is 14.5 Å². The molecule has 4 atom stereocenters. The number of nitrogens with zero attached hydrogens (tertiary/aromatic N) is 5. The van der Waals surface area contributed by atoms with E-state index >= 15 is 0 Å². The van der Waals surface area contributed by atoms with Crippen LogP contribution in [-0.2, 0) is 11.8 Å². The van der Waals surface area contributed by atoms with E-state index in [0.29, 0.717) is 23.3 Å². The van der Waals surface area contributed by atoms with Gasteiger partial charge in [-0.1, -0.05) is 12.1 Å². The first-order valence-electron chi connectivity index (χ1n) is 12.7. The standard InChI is InChI=1S/C28H32FN5O2/c1-18-17-34(28(25-6-4-5-13-36-25)20-7-9-21(29)10-8-20)19(2)16-33(18)24-14-26(35)32(3)23-12-11-22(15-30)31-27(23)24/h7-12,14,18-19,25,28H,4-6,13,16-17H2,1-3H3/t18-,19+,25?,28?/m0/s1. The van der Waals surface area contributed by atoms with Gasteiger partial charge < -0.3 is 14.2 Å². The summed E-state index contributed by atoms with van der Waals surface area (Å²) in [5.41, 5.74) is 3.41. The number of nitriles is 1. The van der Waals surface area contributed by atoms with Gasteiger partial charge >= 0.3 is 0 Å². The summed E-state index contributed by atoms with van der Waals surface area (Å²) in [6, 6.07) is 14.2. The van der Waals surface area contributed by atoms with Crippen LogP contribution in [0.5, 0.6) is 0 Å². The molecular weight excluding hydrogens is 457 g/mol. The molecule has 5 rings (SSSR count). The highest BCUT2D eigenvalue weighted by atomic mass is 19.1. The Bertz CT molecular complexity index is 1340. The minimum atomic E-state index is -0.241. The van der Waals surface area contributed by atoms with Crippen molar-refractivity contribution in [1.29, 1.82) is 5.26 Å². The predicted octanol–water partition coefficient (Wildman–Crippen LogP) is 4.15. The zero-order valence-electron chi connectivity index (χ0n) is 21.0. The minimum absolute atomic E-state index is 0.0224. The summed E-state index contributed by atoms with van der Waals surface area (Å²) >= 11 is 0. The summed E-state index contributed by atoms with van der Waals surface area (Å²) in [7, 11) is 1.73. The lowest BCUT2D eigenvalue weighted by atomic mass is 9.91. The van der Waals surface area contributed by atoms with Crippen molar-refractivity contribution in [3.8, 4) is 6.07 Å². The Kier molecular flexibility index (Phi) is 6.78. The molecule has 2 fully saturated rings. The Morgan fingerprint density at radius 3 is 2.58 bits per heavy atom. The minimum Gasteiger partial charge on any atom is -0.376 e. The van der Waals surface area contributed by atoms with E-state index in [1.807, 2.05) is 12.1 Å². The van der Waals surface area contributed by atoms with E-state index in [4.69, 9.17) is 4.74 Å². The van der Waals surface area contributed by atoms with Crippen LogP contribution in [0.25, 0.3) is 11.0 Å². The van der Waals surface area contributed by atoms with Crippen LogP contribution in [0.1, 0.15) is 50.4 Å². The van der Waals surface area contributed by atoms with Gasteiger partial charge in [0.25, 0.3) is 5.56 Å². The second-order valence-electron chi connectivity index (χ2n) is 10.1. The topological polar surface area (TPSA) is 74.4 Å². The molecule has 2 saturated heterocycles. The number of fused-ring (bicyclic) bond motifs is 1. The number of aromatic nitrogens is 2. The van der Waals surface area contributed by atoms with Gasteiger partial charge in [0.1, 0.15) is 23.1 Å². The van der Waals surface area contributed by atoms with Gasteiger partial charge in [0.05, 0.1) is 23.3 Å². The van der Waals surface area contributed by atoms with Crippen molar-refractivity contribution >= 4 is 16.7 Å². The maximum Gasteiger partial charge on any atom is 0.252 e. The Morgan fingerprint density at radius 2 is 1.89 bits per heavy atom. The van der Waals surface area contributed by atoms with E-state index in [1.165, 1.54) is 12.1 Å². The van der Waals surface area contributed by atoms with Gasteiger partial charge in [0.15, 0.2) is 0 Å². The average Bonchev–Trinajstić information content (AvgIpc) is 2.89.